The first kappa shape index (κ1) is 14.3. The fraction of sp³-hybridized carbons (Fsp3) is 0.375. The highest BCUT2D eigenvalue weighted by Gasteiger charge is 2.14. The topological polar surface area (TPSA) is 61.0 Å². The van der Waals surface area contributed by atoms with E-state index >= 15 is 0 Å². The molecule has 0 aliphatic carbocycles. The van der Waals surface area contributed by atoms with Gasteiger partial charge in [-0.15, -0.1) is 0 Å². The Hall–Kier alpha value is -2.10. The Labute approximate surface area is 120 Å². The van der Waals surface area contributed by atoms with Gasteiger partial charge < -0.3 is 10.5 Å². The number of nitrogens with zero attached hydrogens (tertiary/aromatic N) is 2. The molecule has 20 heavy (non-hydrogen) atoms. The van der Waals surface area contributed by atoms with E-state index in [2.05, 4.69) is 29.9 Å². The van der Waals surface area contributed by atoms with Crippen LogP contribution in [0.2, 0.25) is 0 Å². The third-order valence-electron chi connectivity index (χ3n) is 3.56. The fourth-order valence-electron chi connectivity index (χ4n) is 2.13. The number of para-hydroxylation sites is 1. The Kier molecular flexibility index (Phi) is 4.56. The largest absolute Gasteiger partial charge is 0.438 e. The first-order valence-corrected chi connectivity index (χ1v) is 7.03. The van der Waals surface area contributed by atoms with Gasteiger partial charge in [0.2, 0.25) is 5.88 Å². The lowest BCUT2D eigenvalue weighted by molar-refractivity contribution is 0.445. The van der Waals surface area contributed by atoms with Crippen molar-refractivity contribution in [2.75, 3.05) is 5.73 Å². The molecule has 2 aromatic rings. The van der Waals surface area contributed by atoms with Crippen LogP contribution in [0.25, 0.3) is 0 Å². The Morgan fingerprint density at radius 3 is 2.65 bits per heavy atom. The number of hydrogen-bond acceptors (Lipinski definition) is 4. The molecule has 0 saturated carbocycles. The molecular formula is C16H21N3O. The van der Waals surface area contributed by atoms with Gasteiger partial charge in [0, 0.05) is 0 Å². The lowest BCUT2D eigenvalue weighted by atomic mass is 9.98. The monoisotopic (exact) mass is 271 g/mol. The molecule has 0 bridgehead atoms. The zero-order chi connectivity index (χ0) is 14.5. The molecule has 1 atom stereocenters. The van der Waals surface area contributed by atoms with Gasteiger partial charge >= 0.3 is 0 Å². The molecule has 0 fully saturated rings. The number of nitrogen functional groups attached to an aromatic ring is 1. The molecule has 0 spiro atoms. The molecule has 106 valence electrons. The lowest BCUT2D eigenvalue weighted by Crippen LogP contribution is -2.03. The second-order valence-electron chi connectivity index (χ2n) is 4.85. The quantitative estimate of drug-likeness (QED) is 0.895. The Balaban J connectivity index is 2.38. The van der Waals surface area contributed by atoms with Crippen molar-refractivity contribution in [3.63, 3.8) is 0 Å². The van der Waals surface area contributed by atoms with Crippen LogP contribution in [0, 0.1) is 0 Å². The van der Waals surface area contributed by atoms with E-state index in [1.807, 2.05) is 25.1 Å². The SMILES string of the molecule is CCc1c(N)ncnc1Oc1ccccc1C(C)CC. The number of ether oxygens (including phenoxy) is 1. The highest BCUT2D eigenvalue weighted by molar-refractivity contribution is 5.47. The number of aromatic nitrogens is 2. The minimum absolute atomic E-state index is 0.440. The maximum Gasteiger partial charge on any atom is 0.227 e. The molecule has 4 heteroatoms. The molecule has 0 saturated heterocycles. The summed E-state index contributed by atoms with van der Waals surface area (Å²) in [6.07, 6.45) is 3.25. The van der Waals surface area contributed by atoms with Crippen molar-refractivity contribution in [1.29, 1.82) is 0 Å². The first-order chi connectivity index (χ1) is 9.67. The van der Waals surface area contributed by atoms with Crippen molar-refractivity contribution in [2.45, 2.75) is 39.5 Å². The number of benzene rings is 1. The van der Waals surface area contributed by atoms with Crippen LogP contribution < -0.4 is 10.5 Å². The summed E-state index contributed by atoms with van der Waals surface area (Å²) in [5, 5.41) is 0. The molecule has 2 N–H and O–H groups in total. The van der Waals surface area contributed by atoms with Gasteiger partial charge in [0.1, 0.15) is 17.9 Å². The fourth-order valence-corrected chi connectivity index (χ4v) is 2.13. The van der Waals surface area contributed by atoms with Crippen LogP contribution in [0.3, 0.4) is 0 Å². The summed E-state index contributed by atoms with van der Waals surface area (Å²) in [6.45, 7) is 6.38. The second kappa shape index (κ2) is 6.37. The van der Waals surface area contributed by atoms with Crippen LogP contribution in [0.5, 0.6) is 11.6 Å². The molecule has 0 aliphatic rings. The third kappa shape index (κ3) is 2.90. The Morgan fingerprint density at radius 2 is 1.95 bits per heavy atom. The van der Waals surface area contributed by atoms with Crippen LogP contribution in [0.15, 0.2) is 30.6 Å². The van der Waals surface area contributed by atoms with Crippen molar-refractivity contribution >= 4 is 5.82 Å². The molecule has 1 aromatic heterocycles. The third-order valence-corrected chi connectivity index (χ3v) is 3.56. The maximum absolute atomic E-state index is 6.00. The summed E-state index contributed by atoms with van der Waals surface area (Å²) < 4.78 is 6.00. The Bertz CT molecular complexity index is 584. The second-order valence-corrected chi connectivity index (χ2v) is 4.85. The summed E-state index contributed by atoms with van der Waals surface area (Å²) in [5.74, 6) is 2.32. The van der Waals surface area contributed by atoms with Gasteiger partial charge in [-0.1, -0.05) is 39.0 Å². The molecule has 0 amide bonds. The molecule has 0 aliphatic heterocycles. The number of nitrogens with two attached hydrogens (primary N) is 1. The summed E-state index contributed by atoms with van der Waals surface area (Å²) in [5.41, 5.74) is 7.92. The van der Waals surface area contributed by atoms with Crippen LogP contribution >= 0.6 is 0 Å². The molecule has 2 rings (SSSR count). The average molecular weight is 271 g/mol. The van der Waals surface area contributed by atoms with Gasteiger partial charge in [-0.25, -0.2) is 9.97 Å². The van der Waals surface area contributed by atoms with E-state index in [9.17, 15) is 0 Å². The van der Waals surface area contributed by atoms with Crippen LogP contribution in [0.4, 0.5) is 5.82 Å². The van der Waals surface area contributed by atoms with E-state index in [0.29, 0.717) is 17.6 Å². The van der Waals surface area contributed by atoms with Crippen molar-refractivity contribution in [3.8, 4) is 11.6 Å². The normalized spacial score (nSPS) is 12.2. The molecule has 1 unspecified atom stereocenters. The number of hydrogen-bond donors (Lipinski definition) is 1. The van der Waals surface area contributed by atoms with E-state index < -0.39 is 0 Å². The molecule has 1 aromatic carbocycles. The maximum atomic E-state index is 6.00. The van der Waals surface area contributed by atoms with E-state index in [-0.39, 0.29) is 0 Å². The van der Waals surface area contributed by atoms with Gasteiger partial charge in [0.15, 0.2) is 0 Å². The zero-order valence-corrected chi connectivity index (χ0v) is 12.3. The van der Waals surface area contributed by atoms with Gasteiger partial charge in [0.05, 0.1) is 5.56 Å². The average Bonchev–Trinajstić information content (AvgIpc) is 2.47. The van der Waals surface area contributed by atoms with E-state index in [0.717, 1.165) is 24.2 Å². The van der Waals surface area contributed by atoms with Crippen LogP contribution in [-0.2, 0) is 6.42 Å². The molecule has 0 radical (unpaired) electrons. The summed E-state index contributed by atoms with van der Waals surface area (Å²) in [7, 11) is 0. The smallest absolute Gasteiger partial charge is 0.227 e. The molecule has 4 nitrogen and oxygen atoms in total. The number of anilines is 1. The minimum atomic E-state index is 0.440. The van der Waals surface area contributed by atoms with E-state index in [1.54, 1.807) is 0 Å². The van der Waals surface area contributed by atoms with Crippen molar-refractivity contribution in [3.05, 3.63) is 41.7 Å². The predicted octanol–water partition coefficient (Wildman–Crippen LogP) is 3.93. The molecular weight excluding hydrogens is 250 g/mol. The zero-order valence-electron chi connectivity index (χ0n) is 12.3. The van der Waals surface area contributed by atoms with Gasteiger partial charge in [0.25, 0.3) is 0 Å². The summed E-state index contributed by atoms with van der Waals surface area (Å²) >= 11 is 0. The summed E-state index contributed by atoms with van der Waals surface area (Å²) in [4.78, 5) is 8.23. The highest BCUT2D eigenvalue weighted by atomic mass is 16.5. The van der Waals surface area contributed by atoms with Crippen LogP contribution in [-0.4, -0.2) is 9.97 Å². The minimum Gasteiger partial charge on any atom is -0.438 e. The standard InChI is InChI=1S/C16H21N3O/c1-4-11(3)13-8-6-7-9-14(13)20-16-12(5-2)15(17)18-10-19-16/h6-11H,4-5H2,1-3H3,(H2,17,18,19). The lowest BCUT2D eigenvalue weighted by Gasteiger charge is -2.16. The van der Waals surface area contributed by atoms with Gasteiger partial charge in [-0.2, -0.15) is 0 Å². The Morgan fingerprint density at radius 1 is 1.20 bits per heavy atom. The molecule has 1 heterocycles. The predicted molar refractivity (Wildman–Crippen MR) is 81.0 cm³/mol. The van der Waals surface area contributed by atoms with E-state index in [1.165, 1.54) is 11.9 Å². The van der Waals surface area contributed by atoms with Gasteiger partial charge in [-0.05, 0) is 30.4 Å². The van der Waals surface area contributed by atoms with E-state index in [4.69, 9.17) is 10.5 Å². The number of rotatable bonds is 5. The highest BCUT2D eigenvalue weighted by Crippen LogP contribution is 2.33. The van der Waals surface area contributed by atoms with Gasteiger partial charge in [-0.3, -0.25) is 0 Å². The van der Waals surface area contributed by atoms with Crippen molar-refractivity contribution in [1.82, 2.24) is 9.97 Å². The van der Waals surface area contributed by atoms with Crippen molar-refractivity contribution < 1.29 is 4.74 Å². The van der Waals surface area contributed by atoms with Crippen molar-refractivity contribution in [2.24, 2.45) is 0 Å². The first-order valence-electron chi connectivity index (χ1n) is 7.03. The summed E-state index contributed by atoms with van der Waals surface area (Å²) in [6, 6.07) is 8.07. The van der Waals surface area contributed by atoms with Crippen LogP contribution in [0.1, 0.15) is 44.2 Å².